The maximum atomic E-state index is 10.4. The number of aromatic nitrogens is 1. The second kappa shape index (κ2) is 8.87. The minimum atomic E-state index is -0.371. The molecule has 0 radical (unpaired) electrons. The first-order chi connectivity index (χ1) is 8.72. The van der Waals surface area contributed by atoms with E-state index in [1.807, 2.05) is 12.3 Å². The third-order valence-electron chi connectivity index (χ3n) is 1.91. The molecule has 1 aromatic heterocycles. The second-order valence-corrected chi connectivity index (χ2v) is 5.41. The van der Waals surface area contributed by atoms with Crippen LogP contribution in [-0.4, -0.2) is 41.1 Å². The predicted octanol–water partition coefficient (Wildman–Crippen LogP) is 1.66. The maximum Gasteiger partial charge on any atom is 0.259 e. The van der Waals surface area contributed by atoms with Crippen molar-refractivity contribution in [3.63, 3.8) is 0 Å². The Hall–Kier alpha value is -1.15. The molecule has 0 amide bonds. The molecular formula is C10H16N4O2S2. The highest BCUT2D eigenvalue weighted by Crippen LogP contribution is 2.13. The number of hydrogen-bond donors (Lipinski definition) is 1. The summed E-state index contributed by atoms with van der Waals surface area (Å²) < 4.78 is 0. The Balaban J connectivity index is 2.21. The lowest BCUT2D eigenvalue weighted by Gasteiger charge is -2.03. The number of thioether (sulfide) groups is 1. The number of rotatable bonds is 8. The Morgan fingerprint density at radius 2 is 2.56 bits per heavy atom. The van der Waals surface area contributed by atoms with Crippen LogP contribution in [0.15, 0.2) is 16.6 Å². The number of nitrogens with zero attached hydrogens (tertiary/aromatic N) is 3. The normalized spacial score (nSPS) is 11.5. The van der Waals surface area contributed by atoms with Crippen molar-refractivity contribution in [1.29, 1.82) is 0 Å². The summed E-state index contributed by atoms with van der Waals surface area (Å²) in [5, 5.41) is 16.4. The zero-order chi connectivity index (χ0) is 13.2. The van der Waals surface area contributed by atoms with E-state index in [0.29, 0.717) is 18.9 Å². The van der Waals surface area contributed by atoms with Gasteiger partial charge < -0.3 is 5.32 Å². The molecule has 100 valence electrons. The van der Waals surface area contributed by atoms with Crippen LogP contribution in [0.1, 0.15) is 11.9 Å². The van der Waals surface area contributed by atoms with Crippen LogP contribution in [-0.2, 0) is 5.75 Å². The molecule has 0 spiro atoms. The molecule has 1 N–H and O–H groups in total. The van der Waals surface area contributed by atoms with Gasteiger partial charge in [0.2, 0.25) is 0 Å². The third kappa shape index (κ3) is 6.55. The molecule has 0 aliphatic carbocycles. The molecule has 0 atom stereocenters. The van der Waals surface area contributed by atoms with E-state index in [4.69, 9.17) is 0 Å². The third-order valence-corrected chi connectivity index (χ3v) is 3.82. The SMILES string of the molecule is CCNC(C[N+](=O)[O-])=NCCSCc1nccs1. The van der Waals surface area contributed by atoms with E-state index < -0.39 is 0 Å². The van der Waals surface area contributed by atoms with Crippen LogP contribution in [0.4, 0.5) is 0 Å². The molecule has 0 unspecified atom stereocenters. The summed E-state index contributed by atoms with van der Waals surface area (Å²) in [5.74, 6) is 2.17. The van der Waals surface area contributed by atoms with Crippen molar-refractivity contribution in [2.45, 2.75) is 12.7 Å². The number of amidine groups is 1. The van der Waals surface area contributed by atoms with Gasteiger partial charge in [-0.25, -0.2) is 4.98 Å². The standard InChI is InChI=1S/C10H16N4O2S2/c1-2-11-9(7-14(15)16)12-3-5-17-8-10-13-4-6-18-10/h4,6H,2-3,5,7-8H2,1H3,(H,11,12). The molecule has 6 nitrogen and oxygen atoms in total. The van der Waals surface area contributed by atoms with Crippen molar-refractivity contribution in [2.24, 2.45) is 4.99 Å². The van der Waals surface area contributed by atoms with Gasteiger partial charge in [0.25, 0.3) is 6.54 Å². The fourth-order valence-electron chi connectivity index (χ4n) is 1.22. The first-order valence-corrected chi connectivity index (χ1v) is 7.61. The number of hydrogen-bond acceptors (Lipinski definition) is 6. The van der Waals surface area contributed by atoms with Crippen molar-refractivity contribution < 1.29 is 4.92 Å². The van der Waals surface area contributed by atoms with Crippen LogP contribution in [0, 0.1) is 10.1 Å². The molecule has 0 fully saturated rings. The molecule has 8 heteroatoms. The molecule has 0 aliphatic rings. The topological polar surface area (TPSA) is 80.4 Å². The molecule has 1 aromatic rings. The van der Waals surface area contributed by atoms with E-state index in [1.54, 1.807) is 29.3 Å². The zero-order valence-electron chi connectivity index (χ0n) is 10.2. The second-order valence-electron chi connectivity index (χ2n) is 3.33. The van der Waals surface area contributed by atoms with Crippen LogP contribution in [0.2, 0.25) is 0 Å². The average molecular weight is 288 g/mol. The molecule has 0 saturated carbocycles. The van der Waals surface area contributed by atoms with Gasteiger partial charge in [0.1, 0.15) is 5.01 Å². The summed E-state index contributed by atoms with van der Waals surface area (Å²) in [7, 11) is 0. The summed E-state index contributed by atoms with van der Waals surface area (Å²) in [6, 6.07) is 0. The van der Waals surface area contributed by atoms with E-state index in [1.165, 1.54) is 0 Å². The van der Waals surface area contributed by atoms with Gasteiger partial charge in [-0.3, -0.25) is 15.1 Å². The summed E-state index contributed by atoms with van der Waals surface area (Å²) in [5.41, 5.74) is 0. The van der Waals surface area contributed by atoms with Crippen LogP contribution < -0.4 is 5.32 Å². The van der Waals surface area contributed by atoms with Gasteiger partial charge in [-0.1, -0.05) is 0 Å². The number of likely N-dealkylation sites (N-methyl/N-ethyl adjacent to an activating group) is 1. The number of thiazole rings is 1. The molecule has 0 saturated heterocycles. The minimum absolute atomic E-state index is 0.231. The van der Waals surface area contributed by atoms with Gasteiger partial charge in [-0.2, -0.15) is 11.8 Å². The molecule has 0 aromatic carbocycles. The zero-order valence-corrected chi connectivity index (χ0v) is 11.8. The number of aliphatic imine (C=N–C) groups is 1. The fraction of sp³-hybridized carbons (Fsp3) is 0.600. The van der Waals surface area contributed by atoms with Crippen LogP contribution >= 0.6 is 23.1 Å². The molecule has 18 heavy (non-hydrogen) atoms. The van der Waals surface area contributed by atoms with Gasteiger partial charge in [-0.05, 0) is 6.92 Å². The number of nitro groups is 1. The average Bonchev–Trinajstić information content (AvgIpc) is 2.81. The van der Waals surface area contributed by atoms with Crippen molar-refractivity contribution in [3.8, 4) is 0 Å². The Bertz CT molecular complexity index is 381. The van der Waals surface area contributed by atoms with Gasteiger partial charge in [0.15, 0.2) is 5.84 Å². The van der Waals surface area contributed by atoms with E-state index in [0.717, 1.165) is 16.5 Å². The highest BCUT2D eigenvalue weighted by Gasteiger charge is 2.05. The highest BCUT2D eigenvalue weighted by molar-refractivity contribution is 7.98. The maximum absolute atomic E-state index is 10.4. The van der Waals surface area contributed by atoms with Gasteiger partial charge in [0, 0.05) is 34.6 Å². The lowest BCUT2D eigenvalue weighted by atomic mass is 10.5. The Morgan fingerprint density at radius 3 is 3.17 bits per heavy atom. The predicted molar refractivity (Wildman–Crippen MR) is 76.1 cm³/mol. The molecule has 0 aliphatic heterocycles. The monoisotopic (exact) mass is 288 g/mol. The van der Waals surface area contributed by atoms with E-state index in [9.17, 15) is 10.1 Å². The Kier molecular flexibility index (Phi) is 7.35. The van der Waals surface area contributed by atoms with Crippen molar-refractivity contribution in [3.05, 3.63) is 26.7 Å². The molecular weight excluding hydrogens is 272 g/mol. The molecule has 1 heterocycles. The lowest BCUT2D eigenvalue weighted by molar-refractivity contribution is -0.463. The first-order valence-electron chi connectivity index (χ1n) is 5.57. The summed E-state index contributed by atoms with van der Waals surface area (Å²) in [6.45, 7) is 2.91. The van der Waals surface area contributed by atoms with Crippen molar-refractivity contribution in [2.75, 3.05) is 25.4 Å². The Morgan fingerprint density at radius 1 is 1.72 bits per heavy atom. The van der Waals surface area contributed by atoms with E-state index in [-0.39, 0.29) is 11.5 Å². The van der Waals surface area contributed by atoms with Crippen LogP contribution in [0.25, 0.3) is 0 Å². The Labute approximate surface area is 114 Å². The molecule has 1 rings (SSSR count). The fourth-order valence-corrected chi connectivity index (χ4v) is 2.75. The van der Waals surface area contributed by atoms with Crippen molar-refractivity contribution in [1.82, 2.24) is 10.3 Å². The van der Waals surface area contributed by atoms with E-state index in [2.05, 4.69) is 15.3 Å². The van der Waals surface area contributed by atoms with Gasteiger partial charge in [-0.15, -0.1) is 11.3 Å². The largest absolute Gasteiger partial charge is 0.369 e. The van der Waals surface area contributed by atoms with Crippen LogP contribution in [0.5, 0.6) is 0 Å². The summed E-state index contributed by atoms with van der Waals surface area (Å²) in [4.78, 5) is 18.4. The smallest absolute Gasteiger partial charge is 0.259 e. The van der Waals surface area contributed by atoms with Crippen molar-refractivity contribution >= 4 is 28.9 Å². The minimum Gasteiger partial charge on any atom is -0.369 e. The summed E-state index contributed by atoms with van der Waals surface area (Å²) in [6.07, 6.45) is 1.79. The summed E-state index contributed by atoms with van der Waals surface area (Å²) >= 11 is 3.37. The quantitative estimate of drug-likeness (QED) is 0.259. The number of nitrogens with one attached hydrogen (secondary N) is 1. The lowest BCUT2D eigenvalue weighted by Crippen LogP contribution is -2.30. The van der Waals surface area contributed by atoms with Crippen LogP contribution in [0.3, 0.4) is 0 Å². The van der Waals surface area contributed by atoms with E-state index >= 15 is 0 Å². The van der Waals surface area contributed by atoms with Gasteiger partial charge in [0.05, 0.1) is 6.54 Å². The highest BCUT2D eigenvalue weighted by atomic mass is 32.2. The van der Waals surface area contributed by atoms with Gasteiger partial charge >= 0.3 is 0 Å². The first kappa shape index (κ1) is 14.9. The molecule has 0 bridgehead atoms.